The van der Waals surface area contributed by atoms with Crippen molar-refractivity contribution in [3.05, 3.63) is 18.3 Å². The molecule has 0 radical (unpaired) electrons. The molecule has 1 saturated heterocycles. The van der Waals surface area contributed by atoms with Crippen molar-refractivity contribution >= 4 is 15.8 Å². The molecule has 0 bridgehead atoms. The first-order valence-corrected chi connectivity index (χ1v) is 8.22. The summed E-state index contributed by atoms with van der Waals surface area (Å²) in [6.07, 6.45) is 0.988. The zero-order chi connectivity index (χ0) is 15.5. The van der Waals surface area contributed by atoms with Crippen LogP contribution in [0.1, 0.15) is 6.92 Å². The Morgan fingerprint density at radius 1 is 1.33 bits per heavy atom. The Labute approximate surface area is 125 Å². The number of aromatic nitrogens is 1. The van der Waals surface area contributed by atoms with E-state index in [2.05, 4.69) is 10.3 Å². The Morgan fingerprint density at radius 3 is 2.48 bits per heavy atom. The maximum atomic E-state index is 12.7. The van der Waals surface area contributed by atoms with Crippen molar-refractivity contribution in [1.82, 2.24) is 9.29 Å². The van der Waals surface area contributed by atoms with Gasteiger partial charge in [-0.05, 0) is 13.0 Å². The lowest BCUT2D eigenvalue weighted by molar-refractivity contribution is -0.00461. The monoisotopic (exact) mass is 315 g/mol. The summed E-state index contributed by atoms with van der Waals surface area (Å²) in [6.45, 7) is 3.18. The smallest absolute Gasteiger partial charge is 0.243 e. The predicted octanol–water partition coefficient (Wildman–Crippen LogP) is 0.548. The van der Waals surface area contributed by atoms with E-state index < -0.39 is 10.0 Å². The second-order valence-electron chi connectivity index (χ2n) is 4.78. The van der Waals surface area contributed by atoms with Crippen LogP contribution in [-0.2, 0) is 19.5 Å². The van der Waals surface area contributed by atoms with Gasteiger partial charge in [0.25, 0.3) is 0 Å². The van der Waals surface area contributed by atoms with Crippen molar-refractivity contribution in [2.75, 3.05) is 39.2 Å². The van der Waals surface area contributed by atoms with Crippen molar-refractivity contribution in [1.29, 1.82) is 0 Å². The van der Waals surface area contributed by atoms with E-state index in [1.807, 2.05) is 6.92 Å². The van der Waals surface area contributed by atoms with Gasteiger partial charge < -0.3 is 14.8 Å². The summed E-state index contributed by atoms with van der Waals surface area (Å²) in [5.74, 6) is 0.546. The van der Waals surface area contributed by atoms with E-state index in [0.29, 0.717) is 12.4 Å². The fourth-order valence-corrected chi connectivity index (χ4v) is 3.84. The topological polar surface area (TPSA) is 80.8 Å². The molecule has 118 valence electrons. The quantitative estimate of drug-likeness (QED) is 0.825. The Balaban J connectivity index is 2.24. The molecule has 21 heavy (non-hydrogen) atoms. The largest absolute Gasteiger partial charge is 0.377 e. The van der Waals surface area contributed by atoms with Crippen LogP contribution in [0.15, 0.2) is 23.2 Å². The molecule has 1 aromatic rings. The predicted molar refractivity (Wildman–Crippen MR) is 78.8 cm³/mol. The highest BCUT2D eigenvalue weighted by Gasteiger charge is 2.39. The second-order valence-corrected chi connectivity index (χ2v) is 6.72. The van der Waals surface area contributed by atoms with Crippen LogP contribution in [0.5, 0.6) is 0 Å². The number of hydrogen-bond donors (Lipinski definition) is 1. The first kappa shape index (κ1) is 16.2. The molecular formula is C13H21N3O4S. The van der Waals surface area contributed by atoms with Crippen molar-refractivity contribution < 1.29 is 17.9 Å². The molecule has 0 saturated carbocycles. The Bertz CT molecular complexity index is 567. The van der Waals surface area contributed by atoms with Gasteiger partial charge in [-0.25, -0.2) is 13.4 Å². The van der Waals surface area contributed by atoms with E-state index in [0.717, 1.165) is 0 Å². The van der Waals surface area contributed by atoms with E-state index in [4.69, 9.17) is 9.47 Å². The molecule has 8 heteroatoms. The van der Waals surface area contributed by atoms with E-state index in [9.17, 15) is 8.42 Å². The van der Waals surface area contributed by atoms with Crippen molar-refractivity contribution in [2.45, 2.75) is 24.0 Å². The van der Waals surface area contributed by atoms with Gasteiger partial charge in [-0.1, -0.05) is 0 Å². The summed E-state index contributed by atoms with van der Waals surface area (Å²) in [4.78, 5) is 4.31. The van der Waals surface area contributed by atoms with Crippen LogP contribution in [0.2, 0.25) is 0 Å². The van der Waals surface area contributed by atoms with Gasteiger partial charge in [-0.2, -0.15) is 4.31 Å². The molecule has 0 spiro atoms. The van der Waals surface area contributed by atoms with Gasteiger partial charge in [0, 0.05) is 46.1 Å². The molecule has 0 aliphatic carbocycles. The number of rotatable bonds is 6. The number of pyridine rings is 1. The molecule has 7 nitrogen and oxygen atoms in total. The number of ether oxygens (including phenoxy) is 2. The molecule has 2 unspecified atom stereocenters. The Kier molecular flexibility index (Phi) is 5.15. The van der Waals surface area contributed by atoms with Gasteiger partial charge >= 0.3 is 0 Å². The Hall–Kier alpha value is -1.22. The summed E-state index contributed by atoms with van der Waals surface area (Å²) in [7, 11) is -0.456. The van der Waals surface area contributed by atoms with Gasteiger partial charge in [0.15, 0.2) is 0 Å². The van der Waals surface area contributed by atoms with E-state index in [1.54, 1.807) is 20.3 Å². The number of sulfonamides is 1. The normalized spacial score (nSPS) is 23.4. The third-order valence-electron chi connectivity index (χ3n) is 3.51. The van der Waals surface area contributed by atoms with Crippen molar-refractivity contribution in [3.8, 4) is 0 Å². The van der Waals surface area contributed by atoms with Crippen molar-refractivity contribution in [3.63, 3.8) is 0 Å². The molecule has 1 aliphatic heterocycles. The van der Waals surface area contributed by atoms with Crippen LogP contribution in [0.25, 0.3) is 0 Å². The second kappa shape index (κ2) is 6.69. The number of nitrogens with zero attached hydrogens (tertiary/aromatic N) is 2. The van der Waals surface area contributed by atoms with Crippen LogP contribution in [0.3, 0.4) is 0 Å². The lowest BCUT2D eigenvalue weighted by atomic mass is 10.3. The lowest BCUT2D eigenvalue weighted by Crippen LogP contribution is -2.30. The molecule has 1 N–H and O–H groups in total. The van der Waals surface area contributed by atoms with Gasteiger partial charge in [-0.3, -0.25) is 0 Å². The molecule has 2 atom stereocenters. The number of hydrogen-bond acceptors (Lipinski definition) is 6. The van der Waals surface area contributed by atoms with Crippen LogP contribution < -0.4 is 5.32 Å². The molecule has 0 amide bonds. The summed E-state index contributed by atoms with van der Waals surface area (Å²) >= 11 is 0. The van der Waals surface area contributed by atoms with Gasteiger partial charge in [-0.15, -0.1) is 0 Å². The third-order valence-corrected chi connectivity index (χ3v) is 5.34. The fraction of sp³-hybridized carbons (Fsp3) is 0.615. The summed E-state index contributed by atoms with van der Waals surface area (Å²) < 4.78 is 37.3. The minimum absolute atomic E-state index is 0.222. The van der Waals surface area contributed by atoms with E-state index >= 15 is 0 Å². The number of anilines is 1. The van der Waals surface area contributed by atoms with Gasteiger partial charge in [0.2, 0.25) is 10.0 Å². The Morgan fingerprint density at radius 2 is 1.95 bits per heavy atom. The minimum Gasteiger partial charge on any atom is -0.377 e. The zero-order valence-corrected chi connectivity index (χ0v) is 13.3. The average Bonchev–Trinajstić information content (AvgIpc) is 2.92. The van der Waals surface area contributed by atoms with Crippen LogP contribution in [0.4, 0.5) is 5.82 Å². The third kappa shape index (κ3) is 3.34. The highest BCUT2D eigenvalue weighted by atomic mass is 32.2. The first-order chi connectivity index (χ1) is 10.0. The van der Waals surface area contributed by atoms with Crippen LogP contribution in [0, 0.1) is 0 Å². The average molecular weight is 315 g/mol. The van der Waals surface area contributed by atoms with Crippen molar-refractivity contribution in [2.24, 2.45) is 0 Å². The fourth-order valence-electron chi connectivity index (χ4n) is 2.36. The van der Waals surface area contributed by atoms with E-state index in [1.165, 1.54) is 16.6 Å². The SMILES string of the molecule is CCNc1cc(S(=O)(=O)N2CC(OC)C(OC)C2)ccn1. The highest BCUT2D eigenvalue weighted by molar-refractivity contribution is 7.89. The first-order valence-electron chi connectivity index (χ1n) is 6.78. The van der Waals surface area contributed by atoms with E-state index in [-0.39, 0.29) is 30.2 Å². The summed E-state index contributed by atoms with van der Waals surface area (Å²) in [5, 5.41) is 3.01. The maximum absolute atomic E-state index is 12.7. The molecule has 2 heterocycles. The molecule has 1 aromatic heterocycles. The lowest BCUT2D eigenvalue weighted by Gasteiger charge is -2.16. The number of nitrogens with one attached hydrogen (secondary N) is 1. The van der Waals surface area contributed by atoms with Crippen LogP contribution >= 0.6 is 0 Å². The van der Waals surface area contributed by atoms with Gasteiger partial charge in [0.1, 0.15) is 5.82 Å². The van der Waals surface area contributed by atoms with Crippen LogP contribution in [-0.4, -0.2) is 63.8 Å². The molecule has 0 aromatic carbocycles. The molecule has 1 fully saturated rings. The molecule has 1 aliphatic rings. The molecular weight excluding hydrogens is 294 g/mol. The minimum atomic E-state index is -3.57. The highest BCUT2D eigenvalue weighted by Crippen LogP contribution is 2.24. The number of methoxy groups -OCH3 is 2. The summed E-state index contributed by atoms with van der Waals surface area (Å²) in [5.41, 5.74) is 0. The zero-order valence-electron chi connectivity index (χ0n) is 12.4. The molecule has 2 rings (SSSR count). The van der Waals surface area contributed by atoms with Gasteiger partial charge in [0.05, 0.1) is 17.1 Å². The summed E-state index contributed by atoms with van der Waals surface area (Å²) in [6, 6.07) is 3.04. The maximum Gasteiger partial charge on any atom is 0.243 e. The standard InChI is InChI=1S/C13H21N3O4S/c1-4-14-13-7-10(5-6-15-13)21(17,18)16-8-11(19-2)12(9-16)20-3/h5-7,11-12H,4,8-9H2,1-3H3,(H,14,15).